The number of nitriles is 1. The molecule has 0 amide bonds. The average molecular weight is 397 g/mol. The van der Waals surface area contributed by atoms with Crippen LogP contribution in [0.2, 0.25) is 5.02 Å². The lowest BCUT2D eigenvalue weighted by Gasteiger charge is -2.33. The number of ether oxygens (including phenoxy) is 1. The van der Waals surface area contributed by atoms with Gasteiger partial charge in [-0.1, -0.05) is 11.6 Å². The average Bonchev–Trinajstić information content (AvgIpc) is 3.15. The monoisotopic (exact) mass is 396 g/mol. The molecule has 0 bridgehead atoms. The summed E-state index contributed by atoms with van der Waals surface area (Å²) in [5, 5.41) is 14.5. The van der Waals surface area contributed by atoms with E-state index in [4.69, 9.17) is 20.8 Å². The van der Waals surface area contributed by atoms with E-state index in [1.54, 1.807) is 12.3 Å². The van der Waals surface area contributed by atoms with E-state index in [2.05, 4.69) is 21.3 Å². The molecule has 1 aromatic carbocycles. The predicted octanol–water partition coefficient (Wildman–Crippen LogP) is 4.15. The fourth-order valence-corrected chi connectivity index (χ4v) is 3.74. The topological polar surface area (TPSA) is 74.3 Å². The molecule has 0 saturated carbocycles. The van der Waals surface area contributed by atoms with E-state index in [0.717, 1.165) is 41.2 Å². The van der Waals surface area contributed by atoms with Gasteiger partial charge < -0.3 is 14.5 Å². The van der Waals surface area contributed by atoms with Gasteiger partial charge in [0.05, 0.1) is 36.0 Å². The SMILES string of the molecule is Cc1ccc(C(CNc2c(C#N)cnc3ccc(Cl)cc23)N2CCOCC2)o1. The first-order chi connectivity index (χ1) is 13.7. The minimum atomic E-state index is 0.0338. The molecule has 1 saturated heterocycles. The van der Waals surface area contributed by atoms with E-state index in [1.807, 2.05) is 31.2 Å². The number of nitrogens with zero attached hydrogens (tertiary/aromatic N) is 3. The van der Waals surface area contributed by atoms with Crippen molar-refractivity contribution in [3.8, 4) is 6.07 Å². The van der Waals surface area contributed by atoms with Crippen LogP contribution in [0.4, 0.5) is 5.69 Å². The van der Waals surface area contributed by atoms with Crippen LogP contribution in [0.5, 0.6) is 0 Å². The number of halogens is 1. The number of aromatic nitrogens is 1. The Bertz CT molecular complexity index is 1020. The lowest BCUT2D eigenvalue weighted by atomic mass is 10.1. The molecule has 1 unspecified atom stereocenters. The Morgan fingerprint density at radius 1 is 1.29 bits per heavy atom. The number of nitrogens with one attached hydrogen (secondary N) is 1. The Morgan fingerprint density at radius 3 is 2.82 bits per heavy atom. The van der Waals surface area contributed by atoms with Crippen molar-refractivity contribution in [2.24, 2.45) is 0 Å². The van der Waals surface area contributed by atoms with Crippen LogP contribution in [0.1, 0.15) is 23.1 Å². The summed E-state index contributed by atoms with van der Waals surface area (Å²) >= 11 is 6.19. The predicted molar refractivity (Wildman–Crippen MR) is 109 cm³/mol. The van der Waals surface area contributed by atoms with Gasteiger partial charge in [-0.15, -0.1) is 0 Å². The van der Waals surface area contributed by atoms with Gasteiger partial charge in [-0.25, -0.2) is 0 Å². The van der Waals surface area contributed by atoms with Crippen LogP contribution in [0.3, 0.4) is 0 Å². The van der Waals surface area contributed by atoms with Crippen molar-refractivity contribution in [1.29, 1.82) is 5.26 Å². The highest BCUT2D eigenvalue weighted by molar-refractivity contribution is 6.31. The highest BCUT2D eigenvalue weighted by atomic mass is 35.5. The Balaban J connectivity index is 1.67. The van der Waals surface area contributed by atoms with Crippen LogP contribution in [0.15, 0.2) is 40.9 Å². The highest BCUT2D eigenvalue weighted by Crippen LogP contribution is 2.30. The molecule has 1 fully saturated rings. The number of furan rings is 1. The molecule has 0 radical (unpaired) electrons. The quantitative estimate of drug-likeness (QED) is 0.698. The summed E-state index contributed by atoms with van der Waals surface area (Å²) in [5.41, 5.74) is 2.03. The standard InChI is InChI=1S/C21H21ClN4O2/c1-14-2-5-20(28-14)19(26-6-8-27-9-7-26)13-25-21-15(11-23)12-24-18-4-3-16(22)10-17(18)21/h2-5,10,12,19H,6-9,13H2,1H3,(H,24,25). The maximum atomic E-state index is 9.57. The number of rotatable bonds is 5. The molecule has 28 heavy (non-hydrogen) atoms. The number of pyridine rings is 1. The van der Waals surface area contributed by atoms with Gasteiger partial charge in [0.2, 0.25) is 0 Å². The van der Waals surface area contributed by atoms with Crippen LogP contribution in [0.25, 0.3) is 10.9 Å². The van der Waals surface area contributed by atoms with Gasteiger partial charge in [-0.3, -0.25) is 9.88 Å². The van der Waals surface area contributed by atoms with Crippen molar-refractivity contribution in [2.75, 3.05) is 38.2 Å². The Kier molecular flexibility index (Phi) is 5.49. The molecule has 1 aliphatic rings. The normalized spacial score (nSPS) is 16.0. The third-order valence-corrected chi connectivity index (χ3v) is 5.23. The molecule has 2 aromatic heterocycles. The third kappa shape index (κ3) is 3.83. The first kappa shape index (κ1) is 18.8. The number of anilines is 1. The van der Waals surface area contributed by atoms with Crippen LogP contribution < -0.4 is 5.32 Å². The van der Waals surface area contributed by atoms with E-state index in [9.17, 15) is 5.26 Å². The molecule has 1 N–H and O–H groups in total. The smallest absolute Gasteiger partial charge is 0.123 e. The van der Waals surface area contributed by atoms with Crippen molar-refractivity contribution in [1.82, 2.24) is 9.88 Å². The zero-order chi connectivity index (χ0) is 19.5. The fraction of sp³-hybridized carbons (Fsp3) is 0.333. The fourth-order valence-electron chi connectivity index (χ4n) is 3.57. The largest absolute Gasteiger partial charge is 0.465 e. The lowest BCUT2D eigenvalue weighted by Crippen LogP contribution is -2.41. The van der Waals surface area contributed by atoms with Crippen molar-refractivity contribution in [3.63, 3.8) is 0 Å². The van der Waals surface area contributed by atoms with Crippen LogP contribution >= 0.6 is 11.6 Å². The van der Waals surface area contributed by atoms with Gasteiger partial charge in [-0.2, -0.15) is 5.26 Å². The second kappa shape index (κ2) is 8.19. The minimum Gasteiger partial charge on any atom is -0.465 e. The number of aryl methyl sites for hydroxylation is 1. The zero-order valence-corrected chi connectivity index (χ0v) is 16.4. The molecule has 1 atom stereocenters. The van der Waals surface area contributed by atoms with Gasteiger partial charge in [0.15, 0.2) is 0 Å². The number of morpholine rings is 1. The molecule has 144 valence electrons. The molecule has 3 aromatic rings. The van der Waals surface area contributed by atoms with E-state index < -0.39 is 0 Å². The number of fused-ring (bicyclic) bond motifs is 1. The van der Waals surface area contributed by atoms with E-state index in [-0.39, 0.29) is 6.04 Å². The van der Waals surface area contributed by atoms with Crippen molar-refractivity contribution >= 4 is 28.2 Å². The van der Waals surface area contributed by atoms with Gasteiger partial charge in [-0.05, 0) is 37.3 Å². The Hall–Kier alpha value is -2.59. The zero-order valence-electron chi connectivity index (χ0n) is 15.6. The number of hydrogen-bond acceptors (Lipinski definition) is 6. The van der Waals surface area contributed by atoms with Gasteiger partial charge in [0, 0.05) is 36.2 Å². The van der Waals surface area contributed by atoms with Gasteiger partial charge >= 0.3 is 0 Å². The lowest BCUT2D eigenvalue weighted by molar-refractivity contribution is 0.0143. The number of benzene rings is 1. The second-order valence-electron chi connectivity index (χ2n) is 6.81. The molecule has 0 aliphatic carbocycles. The van der Waals surface area contributed by atoms with E-state index >= 15 is 0 Å². The van der Waals surface area contributed by atoms with Crippen molar-refractivity contribution in [2.45, 2.75) is 13.0 Å². The highest BCUT2D eigenvalue weighted by Gasteiger charge is 2.25. The van der Waals surface area contributed by atoms with Gasteiger partial charge in [0.1, 0.15) is 17.6 Å². The minimum absolute atomic E-state index is 0.0338. The first-order valence-electron chi connectivity index (χ1n) is 9.26. The second-order valence-corrected chi connectivity index (χ2v) is 7.25. The summed E-state index contributed by atoms with van der Waals surface area (Å²) in [6, 6.07) is 11.8. The summed E-state index contributed by atoms with van der Waals surface area (Å²) in [7, 11) is 0. The molecule has 3 heterocycles. The molecule has 0 spiro atoms. The van der Waals surface area contributed by atoms with Gasteiger partial charge in [0.25, 0.3) is 0 Å². The first-order valence-corrected chi connectivity index (χ1v) is 9.64. The maximum absolute atomic E-state index is 9.57. The summed E-state index contributed by atoms with van der Waals surface area (Å²) < 4.78 is 11.4. The van der Waals surface area contributed by atoms with Crippen LogP contribution in [-0.4, -0.2) is 42.7 Å². The van der Waals surface area contributed by atoms with E-state index in [1.165, 1.54) is 0 Å². The van der Waals surface area contributed by atoms with E-state index in [0.29, 0.717) is 30.3 Å². The van der Waals surface area contributed by atoms with Crippen molar-refractivity contribution < 1.29 is 9.15 Å². The molecular weight excluding hydrogens is 376 g/mol. The molecule has 4 rings (SSSR count). The Morgan fingerprint density at radius 2 is 2.11 bits per heavy atom. The number of hydrogen-bond donors (Lipinski definition) is 1. The summed E-state index contributed by atoms with van der Waals surface area (Å²) in [5.74, 6) is 1.79. The molecule has 7 heteroatoms. The summed E-state index contributed by atoms with van der Waals surface area (Å²) in [4.78, 5) is 6.71. The molecule has 1 aliphatic heterocycles. The van der Waals surface area contributed by atoms with Crippen LogP contribution in [0, 0.1) is 18.3 Å². The maximum Gasteiger partial charge on any atom is 0.123 e. The third-order valence-electron chi connectivity index (χ3n) is 5.00. The van der Waals surface area contributed by atoms with Crippen molar-refractivity contribution in [3.05, 3.63) is 58.6 Å². The van der Waals surface area contributed by atoms with Crippen LogP contribution in [-0.2, 0) is 4.74 Å². The summed E-state index contributed by atoms with van der Waals surface area (Å²) in [6.07, 6.45) is 1.60. The summed E-state index contributed by atoms with van der Waals surface area (Å²) in [6.45, 7) is 5.60. The molecular formula is C21H21ClN4O2. The Labute approximate surface area is 168 Å². The molecule has 6 nitrogen and oxygen atoms in total.